The van der Waals surface area contributed by atoms with Gasteiger partial charge in [-0.1, -0.05) is 86.6 Å². The average Bonchev–Trinajstić information content (AvgIpc) is 3.57. The number of hydrogen-bond donors (Lipinski definition) is 1. The lowest BCUT2D eigenvalue weighted by Gasteiger charge is -2.27. The molecule has 0 spiro atoms. The second-order valence-corrected chi connectivity index (χ2v) is 10.6. The van der Waals surface area contributed by atoms with Gasteiger partial charge in [-0.05, 0) is 34.7 Å². The van der Waals surface area contributed by atoms with Gasteiger partial charge in [-0.3, -0.25) is 4.79 Å². The fourth-order valence-corrected chi connectivity index (χ4v) is 4.40. The number of urea groups is 1. The van der Waals surface area contributed by atoms with Crippen LogP contribution in [0.4, 0.5) is 4.79 Å². The summed E-state index contributed by atoms with van der Waals surface area (Å²) in [5.41, 5.74) is 3.34. The summed E-state index contributed by atoms with van der Waals surface area (Å²) in [5, 5.41) is 2.86. The van der Waals surface area contributed by atoms with Gasteiger partial charge in [0.15, 0.2) is 0 Å². The highest BCUT2D eigenvalue weighted by Gasteiger charge is 2.26. The number of carbonyl (C=O) groups is 3. The van der Waals surface area contributed by atoms with Crippen molar-refractivity contribution in [2.45, 2.75) is 45.9 Å². The summed E-state index contributed by atoms with van der Waals surface area (Å²) in [6.45, 7) is 4.75. The number of oxazole rings is 1. The Kier molecular flexibility index (Phi) is 11.5. The smallest absolute Gasteiger partial charge is 0.329 e. The second kappa shape index (κ2) is 15.9. The Morgan fingerprint density at radius 3 is 2.05 bits per heavy atom. The number of aromatic nitrogens is 1. The molecule has 1 N–H and O–H groups in total. The molecule has 4 rings (SSSR count). The molecule has 43 heavy (non-hydrogen) atoms. The summed E-state index contributed by atoms with van der Waals surface area (Å²) in [4.78, 5) is 44.9. The lowest BCUT2D eigenvalue weighted by atomic mass is 10.0. The van der Waals surface area contributed by atoms with Crippen LogP contribution in [-0.4, -0.2) is 47.0 Å². The molecule has 2 amide bonds. The number of nitrogens with one attached hydrogen (secondary N) is 1. The van der Waals surface area contributed by atoms with Gasteiger partial charge in [-0.25, -0.2) is 14.6 Å². The minimum atomic E-state index is -0.955. The summed E-state index contributed by atoms with van der Waals surface area (Å²) in [6.07, 6.45) is 3.31. The summed E-state index contributed by atoms with van der Waals surface area (Å²) in [7, 11) is 0. The van der Waals surface area contributed by atoms with E-state index in [2.05, 4.69) is 10.3 Å². The van der Waals surface area contributed by atoms with Crippen molar-refractivity contribution in [3.05, 3.63) is 114 Å². The first-order valence-corrected chi connectivity index (χ1v) is 14.3. The molecule has 0 radical (unpaired) electrons. The average molecular weight is 584 g/mol. The van der Waals surface area contributed by atoms with Crippen LogP contribution in [-0.2, 0) is 38.7 Å². The molecule has 9 heteroatoms. The molecule has 0 saturated heterocycles. The highest BCUT2D eigenvalue weighted by atomic mass is 16.5. The molecule has 0 aliphatic heterocycles. The van der Waals surface area contributed by atoms with Crippen molar-refractivity contribution in [1.82, 2.24) is 15.2 Å². The molecule has 0 aliphatic rings. The molecular weight excluding hydrogens is 546 g/mol. The van der Waals surface area contributed by atoms with Gasteiger partial charge in [0.25, 0.3) is 0 Å². The zero-order valence-corrected chi connectivity index (χ0v) is 24.5. The first kappa shape index (κ1) is 31.0. The fourth-order valence-electron chi connectivity index (χ4n) is 4.40. The van der Waals surface area contributed by atoms with E-state index in [9.17, 15) is 14.4 Å². The summed E-state index contributed by atoms with van der Waals surface area (Å²) in [6, 6.07) is 24.8. The minimum Gasteiger partial charge on any atom is -0.461 e. The Balaban J connectivity index is 1.42. The number of benzene rings is 3. The van der Waals surface area contributed by atoms with Crippen molar-refractivity contribution in [2.24, 2.45) is 5.92 Å². The molecular formula is C34H37N3O6. The van der Waals surface area contributed by atoms with E-state index in [1.165, 1.54) is 11.2 Å². The topological polar surface area (TPSA) is 111 Å². The van der Waals surface area contributed by atoms with E-state index in [1.54, 1.807) is 6.20 Å². The molecule has 1 aromatic heterocycles. The van der Waals surface area contributed by atoms with Crippen molar-refractivity contribution < 1.29 is 28.3 Å². The van der Waals surface area contributed by atoms with Crippen LogP contribution in [0.25, 0.3) is 11.5 Å². The van der Waals surface area contributed by atoms with Crippen LogP contribution in [0.2, 0.25) is 0 Å². The van der Waals surface area contributed by atoms with Gasteiger partial charge in [-0.15, -0.1) is 0 Å². The Bertz CT molecular complexity index is 1420. The molecule has 1 heterocycles. The fraction of sp³-hybridized carbons (Fsp3) is 0.294. The van der Waals surface area contributed by atoms with Gasteiger partial charge in [0.2, 0.25) is 5.89 Å². The number of amides is 2. The molecule has 224 valence electrons. The molecule has 0 fully saturated rings. The molecule has 4 aromatic rings. The highest BCUT2D eigenvalue weighted by molar-refractivity contribution is 5.84. The minimum absolute atomic E-state index is 0.0262. The van der Waals surface area contributed by atoms with E-state index < -0.39 is 24.0 Å². The number of hydrogen-bond acceptors (Lipinski definition) is 7. The van der Waals surface area contributed by atoms with Gasteiger partial charge in [0.1, 0.15) is 25.5 Å². The van der Waals surface area contributed by atoms with Crippen LogP contribution in [0, 0.1) is 5.92 Å². The van der Waals surface area contributed by atoms with Crippen molar-refractivity contribution in [2.75, 3.05) is 13.1 Å². The maximum Gasteiger partial charge on any atom is 0.329 e. The van der Waals surface area contributed by atoms with E-state index in [-0.39, 0.29) is 38.5 Å². The standard InChI is InChI=1S/C34H37N3O6/c1-25(2)22-37(19-17-31(38)42-23-27-9-5-3-6-10-27)34(40)36-30(33(39)43-24-28-11-7-4-8-12-28)21-26-13-15-29(16-14-26)32-35-18-20-41-32/h3-16,18,20,25,30H,17,19,21-24H2,1-2H3,(H,36,40)/t30-/m0/s1. The molecule has 0 aliphatic carbocycles. The Labute approximate surface area is 251 Å². The Morgan fingerprint density at radius 1 is 0.837 bits per heavy atom. The lowest BCUT2D eigenvalue weighted by molar-refractivity contribution is -0.147. The molecule has 1 atom stereocenters. The third kappa shape index (κ3) is 10.1. The van der Waals surface area contributed by atoms with Crippen LogP contribution in [0.15, 0.2) is 102 Å². The van der Waals surface area contributed by atoms with Gasteiger partial charge >= 0.3 is 18.0 Å². The van der Waals surface area contributed by atoms with Crippen molar-refractivity contribution in [3.63, 3.8) is 0 Å². The van der Waals surface area contributed by atoms with Gasteiger partial charge in [0.05, 0.1) is 12.6 Å². The first-order valence-electron chi connectivity index (χ1n) is 14.3. The molecule has 0 bridgehead atoms. The maximum atomic E-state index is 13.5. The predicted octanol–water partition coefficient (Wildman–Crippen LogP) is 5.80. The number of nitrogens with zero attached hydrogens (tertiary/aromatic N) is 2. The quantitative estimate of drug-likeness (QED) is 0.187. The molecule has 0 saturated carbocycles. The molecule has 9 nitrogen and oxygen atoms in total. The largest absolute Gasteiger partial charge is 0.461 e. The monoisotopic (exact) mass is 583 g/mol. The van der Waals surface area contributed by atoms with Crippen molar-refractivity contribution in [3.8, 4) is 11.5 Å². The van der Waals surface area contributed by atoms with Crippen LogP contribution >= 0.6 is 0 Å². The van der Waals surface area contributed by atoms with Gasteiger partial charge in [0, 0.05) is 25.1 Å². The van der Waals surface area contributed by atoms with Gasteiger partial charge in [-0.2, -0.15) is 0 Å². The third-order valence-corrected chi connectivity index (χ3v) is 6.58. The SMILES string of the molecule is CC(C)CN(CCC(=O)OCc1ccccc1)C(=O)N[C@@H](Cc1ccc(-c2ncco2)cc1)C(=O)OCc1ccccc1. The first-order chi connectivity index (χ1) is 20.9. The zero-order valence-electron chi connectivity index (χ0n) is 24.5. The third-order valence-electron chi connectivity index (χ3n) is 6.58. The predicted molar refractivity (Wildman–Crippen MR) is 161 cm³/mol. The summed E-state index contributed by atoms with van der Waals surface area (Å²) < 4.78 is 16.4. The van der Waals surface area contributed by atoms with Crippen molar-refractivity contribution >= 4 is 18.0 Å². The molecule has 3 aromatic carbocycles. The highest BCUT2D eigenvalue weighted by Crippen LogP contribution is 2.18. The number of ether oxygens (including phenoxy) is 2. The number of rotatable bonds is 14. The van der Waals surface area contributed by atoms with Crippen molar-refractivity contribution in [1.29, 1.82) is 0 Å². The van der Waals surface area contributed by atoms with E-state index in [0.717, 1.165) is 22.3 Å². The van der Waals surface area contributed by atoms with Crippen LogP contribution < -0.4 is 5.32 Å². The van der Waals surface area contributed by atoms with E-state index in [1.807, 2.05) is 98.8 Å². The number of carbonyl (C=O) groups excluding carboxylic acids is 3. The molecule has 0 unspecified atom stereocenters. The normalized spacial score (nSPS) is 11.5. The maximum absolute atomic E-state index is 13.5. The zero-order chi connectivity index (χ0) is 30.4. The second-order valence-electron chi connectivity index (χ2n) is 10.6. The van der Waals surface area contributed by atoms with Gasteiger partial charge < -0.3 is 24.1 Å². The summed E-state index contributed by atoms with van der Waals surface area (Å²) in [5.74, 6) is -0.335. The lowest BCUT2D eigenvalue weighted by Crippen LogP contribution is -2.50. The van der Waals surface area contributed by atoms with Crippen LogP contribution in [0.3, 0.4) is 0 Å². The summed E-state index contributed by atoms with van der Waals surface area (Å²) >= 11 is 0. The van der Waals surface area contributed by atoms with Crippen LogP contribution in [0.1, 0.15) is 37.0 Å². The van der Waals surface area contributed by atoms with E-state index in [0.29, 0.717) is 12.4 Å². The van der Waals surface area contributed by atoms with Crippen LogP contribution in [0.5, 0.6) is 0 Å². The Morgan fingerprint density at radius 2 is 1.47 bits per heavy atom. The van der Waals surface area contributed by atoms with E-state index >= 15 is 0 Å². The number of esters is 2. The Hall–Kier alpha value is -4.92. The van der Waals surface area contributed by atoms with E-state index in [4.69, 9.17) is 13.9 Å².